The average molecular weight is 306 g/mol. The predicted octanol–water partition coefficient (Wildman–Crippen LogP) is 1.44. The lowest BCUT2D eigenvalue weighted by Crippen LogP contribution is -2.57. The molecule has 0 aromatic carbocycles. The van der Waals surface area contributed by atoms with Gasteiger partial charge in [-0.25, -0.2) is 0 Å². The van der Waals surface area contributed by atoms with Gasteiger partial charge in [-0.1, -0.05) is 6.08 Å². The van der Waals surface area contributed by atoms with Crippen molar-refractivity contribution >= 4 is 11.9 Å². The molecule has 2 saturated heterocycles. The zero-order valence-corrected chi connectivity index (χ0v) is 13.4. The molecule has 3 fully saturated rings. The maximum atomic E-state index is 12.4. The number of piperidine rings is 1. The second-order valence-corrected chi connectivity index (χ2v) is 6.92. The predicted molar refractivity (Wildman–Crippen MR) is 83.2 cm³/mol. The van der Waals surface area contributed by atoms with E-state index in [4.69, 9.17) is 4.74 Å². The van der Waals surface area contributed by atoms with Gasteiger partial charge in [-0.15, -0.1) is 6.58 Å². The molecule has 3 aliphatic rings. The minimum absolute atomic E-state index is 0.0611. The van der Waals surface area contributed by atoms with E-state index in [-0.39, 0.29) is 29.8 Å². The summed E-state index contributed by atoms with van der Waals surface area (Å²) >= 11 is 0. The molecule has 5 heteroatoms. The number of esters is 1. The third-order valence-electron chi connectivity index (χ3n) is 5.60. The highest BCUT2D eigenvalue weighted by Crippen LogP contribution is 2.44. The van der Waals surface area contributed by atoms with Crippen molar-refractivity contribution < 1.29 is 14.3 Å². The molecular weight excluding hydrogens is 280 g/mol. The Bertz CT molecular complexity index is 465. The van der Waals surface area contributed by atoms with Crippen molar-refractivity contribution in [2.24, 2.45) is 11.8 Å². The van der Waals surface area contributed by atoms with Crippen LogP contribution in [0.15, 0.2) is 12.7 Å². The lowest BCUT2D eigenvalue weighted by molar-refractivity contribution is -0.150. The zero-order chi connectivity index (χ0) is 15.7. The fourth-order valence-electron chi connectivity index (χ4n) is 4.18. The van der Waals surface area contributed by atoms with Crippen LogP contribution in [0.25, 0.3) is 0 Å². The number of amides is 1. The third kappa shape index (κ3) is 2.67. The summed E-state index contributed by atoms with van der Waals surface area (Å²) in [5.41, 5.74) is -0.363. The summed E-state index contributed by atoms with van der Waals surface area (Å²) in [5.74, 6) is 0.370. The fraction of sp³-hybridized carbons (Fsp3) is 0.765. The highest BCUT2D eigenvalue weighted by atomic mass is 16.5. The van der Waals surface area contributed by atoms with Crippen LogP contribution in [-0.4, -0.2) is 60.5 Å². The number of rotatable bonds is 5. The minimum atomic E-state index is -0.363. The molecule has 2 heterocycles. The molecule has 0 aromatic rings. The second kappa shape index (κ2) is 6.03. The van der Waals surface area contributed by atoms with Gasteiger partial charge in [-0.2, -0.15) is 0 Å². The topological polar surface area (TPSA) is 49.9 Å². The van der Waals surface area contributed by atoms with Crippen molar-refractivity contribution in [3.8, 4) is 0 Å². The van der Waals surface area contributed by atoms with Crippen LogP contribution >= 0.6 is 0 Å². The van der Waals surface area contributed by atoms with Crippen LogP contribution < -0.4 is 0 Å². The SMILES string of the molecule is C=CCN1C(=O)CC(C(=O)OC)C12CCN(CC1CC1)CC2. The summed E-state index contributed by atoms with van der Waals surface area (Å²) in [5, 5.41) is 0. The number of ether oxygens (including phenoxy) is 1. The molecule has 1 aliphatic carbocycles. The molecule has 1 spiro atoms. The van der Waals surface area contributed by atoms with Crippen LogP contribution in [0.2, 0.25) is 0 Å². The second-order valence-electron chi connectivity index (χ2n) is 6.92. The lowest BCUT2D eigenvalue weighted by Gasteiger charge is -2.47. The van der Waals surface area contributed by atoms with Gasteiger partial charge in [0, 0.05) is 32.6 Å². The van der Waals surface area contributed by atoms with Gasteiger partial charge in [0.15, 0.2) is 0 Å². The number of methoxy groups -OCH3 is 1. The highest BCUT2D eigenvalue weighted by molar-refractivity contribution is 5.89. The Balaban J connectivity index is 1.77. The Labute approximate surface area is 132 Å². The Hall–Kier alpha value is -1.36. The van der Waals surface area contributed by atoms with E-state index in [9.17, 15) is 9.59 Å². The molecule has 2 aliphatic heterocycles. The van der Waals surface area contributed by atoms with Gasteiger partial charge in [-0.05, 0) is 31.6 Å². The molecule has 122 valence electrons. The van der Waals surface area contributed by atoms with E-state index in [1.807, 2.05) is 4.90 Å². The summed E-state index contributed by atoms with van der Waals surface area (Å²) in [6.45, 7) is 7.39. The minimum Gasteiger partial charge on any atom is -0.469 e. The van der Waals surface area contributed by atoms with Gasteiger partial charge in [-0.3, -0.25) is 9.59 Å². The van der Waals surface area contributed by atoms with E-state index < -0.39 is 0 Å². The summed E-state index contributed by atoms with van der Waals surface area (Å²) in [7, 11) is 1.42. The van der Waals surface area contributed by atoms with Crippen molar-refractivity contribution in [1.29, 1.82) is 0 Å². The van der Waals surface area contributed by atoms with Crippen LogP contribution in [0.5, 0.6) is 0 Å². The molecule has 3 rings (SSSR count). The van der Waals surface area contributed by atoms with Gasteiger partial charge in [0.25, 0.3) is 0 Å². The fourth-order valence-corrected chi connectivity index (χ4v) is 4.18. The largest absolute Gasteiger partial charge is 0.469 e. The molecular formula is C17H26N2O3. The highest BCUT2D eigenvalue weighted by Gasteiger charge is 2.56. The van der Waals surface area contributed by atoms with Gasteiger partial charge in [0.1, 0.15) is 0 Å². The first kappa shape index (κ1) is 15.5. The molecule has 1 amide bonds. The molecule has 0 bridgehead atoms. The first-order chi connectivity index (χ1) is 10.6. The van der Waals surface area contributed by atoms with Crippen LogP contribution in [-0.2, 0) is 14.3 Å². The van der Waals surface area contributed by atoms with Gasteiger partial charge >= 0.3 is 5.97 Å². The van der Waals surface area contributed by atoms with Crippen molar-refractivity contribution in [2.75, 3.05) is 33.3 Å². The van der Waals surface area contributed by atoms with Crippen molar-refractivity contribution in [2.45, 2.75) is 37.6 Å². The van der Waals surface area contributed by atoms with E-state index >= 15 is 0 Å². The van der Waals surface area contributed by atoms with Crippen LogP contribution in [0.1, 0.15) is 32.1 Å². The van der Waals surface area contributed by atoms with Crippen molar-refractivity contribution in [1.82, 2.24) is 9.80 Å². The lowest BCUT2D eigenvalue weighted by atomic mass is 9.76. The summed E-state index contributed by atoms with van der Waals surface area (Å²) in [4.78, 5) is 29.0. The van der Waals surface area contributed by atoms with Crippen molar-refractivity contribution in [3.05, 3.63) is 12.7 Å². The van der Waals surface area contributed by atoms with Crippen LogP contribution in [0.4, 0.5) is 0 Å². The maximum Gasteiger partial charge on any atom is 0.311 e. The van der Waals surface area contributed by atoms with Crippen LogP contribution in [0, 0.1) is 11.8 Å². The summed E-state index contributed by atoms with van der Waals surface area (Å²) < 4.78 is 4.98. The molecule has 0 radical (unpaired) electrons. The number of carbonyl (C=O) groups is 2. The average Bonchev–Trinajstić information content (AvgIpc) is 3.30. The Morgan fingerprint density at radius 3 is 2.64 bits per heavy atom. The molecule has 1 atom stereocenters. The van der Waals surface area contributed by atoms with Crippen LogP contribution in [0.3, 0.4) is 0 Å². The summed E-state index contributed by atoms with van der Waals surface area (Å²) in [6.07, 6.45) is 6.47. The van der Waals surface area contributed by atoms with E-state index in [2.05, 4.69) is 11.5 Å². The van der Waals surface area contributed by atoms with Gasteiger partial charge < -0.3 is 14.5 Å². The van der Waals surface area contributed by atoms with E-state index in [1.165, 1.54) is 26.5 Å². The van der Waals surface area contributed by atoms with E-state index in [1.54, 1.807) is 6.08 Å². The standard InChI is InChI=1S/C17H26N2O3/c1-3-8-19-15(20)11-14(16(21)22-2)17(19)6-9-18(10-7-17)12-13-4-5-13/h3,13-14H,1,4-12H2,2H3. The number of nitrogens with zero attached hydrogens (tertiary/aromatic N) is 2. The number of likely N-dealkylation sites (tertiary alicyclic amines) is 2. The monoisotopic (exact) mass is 306 g/mol. The smallest absolute Gasteiger partial charge is 0.311 e. The maximum absolute atomic E-state index is 12.4. The normalized spacial score (nSPS) is 28.1. The van der Waals surface area contributed by atoms with Crippen molar-refractivity contribution in [3.63, 3.8) is 0 Å². The van der Waals surface area contributed by atoms with E-state index in [0.29, 0.717) is 6.54 Å². The quantitative estimate of drug-likeness (QED) is 0.570. The number of carbonyl (C=O) groups excluding carboxylic acids is 2. The first-order valence-corrected chi connectivity index (χ1v) is 8.32. The number of hydrogen-bond donors (Lipinski definition) is 0. The van der Waals surface area contributed by atoms with Gasteiger partial charge in [0.2, 0.25) is 5.91 Å². The molecule has 1 unspecified atom stereocenters. The molecule has 0 N–H and O–H groups in total. The molecule has 1 saturated carbocycles. The first-order valence-electron chi connectivity index (χ1n) is 8.32. The molecule has 5 nitrogen and oxygen atoms in total. The van der Waals surface area contributed by atoms with Gasteiger partial charge in [0.05, 0.1) is 18.6 Å². The Morgan fingerprint density at radius 1 is 1.41 bits per heavy atom. The Morgan fingerprint density at radius 2 is 2.09 bits per heavy atom. The molecule has 22 heavy (non-hydrogen) atoms. The molecule has 0 aromatic heterocycles. The Kier molecular flexibility index (Phi) is 4.26. The zero-order valence-electron chi connectivity index (χ0n) is 13.4. The number of hydrogen-bond acceptors (Lipinski definition) is 4. The summed E-state index contributed by atoms with van der Waals surface area (Å²) in [6, 6.07) is 0. The van der Waals surface area contributed by atoms with E-state index in [0.717, 1.165) is 31.8 Å². The third-order valence-corrected chi connectivity index (χ3v) is 5.60.